The van der Waals surface area contributed by atoms with Crippen LogP contribution in [0.5, 0.6) is 0 Å². The number of nitrogens with zero attached hydrogens (tertiary/aromatic N) is 1. The van der Waals surface area contributed by atoms with E-state index in [2.05, 4.69) is 6.92 Å². The summed E-state index contributed by atoms with van der Waals surface area (Å²) in [7, 11) is 0. The maximum absolute atomic E-state index is 12.4. The minimum Gasteiger partial charge on any atom is -0.444 e. The van der Waals surface area contributed by atoms with Crippen LogP contribution in [0, 0.1) is 0 Å². The van der Waals surface area contributed by atoms with Crippen molar-refractivity contribution in [2.24, 2.45) is 0 Å². The number of hydrogen-bond acceptors (Lipinski definition) is 3. The number of ether oxygens (including phenoxy) is 2. The molecule has 0 spiro atoms. The molecule has 116 valence electrons. The van der Waals surface area contributed by atoms with E-state index in [9.17, 15) is 4.79 Å². The predicted octanol–water partition coefficient (Wildman–Crippen LogP) is 3.77. The Morgan fingerprint density at radius 3 is 2.57 bits per heavy atom. The van der Waals surface area contributed by atoms with Gasteiger partial charge in [-0.15, -0.1) is 0 Å². The molecule has 1 heterocycles. The summed E-state index contributed by atoms with van der Waals surface area (Å²) in [6.07, 6.45) is 0.529. The fourth-order valence-electron chi connectivity index (χ4n) is 2.45. The zero-order valence-electron chi connectivity index (χ0n) is 13.3. The van der Waals surface area contributed by atoms with Gasteiger partial charge in [0.05, 0.1) is 19.2 Å². The van der Waals surface area contributed by atoms with E-state index in [0.717, 1.165) is 12.0 Å². The van der Waals surface area contributed by atoms with Crippen molar-refractivity contribution in [3.05, 3.63) is 35.9 Å². The second-order valence-corrected chi connectivity index (χ2v) is 6.43. The van der Waals surface area contributed by atoms with Gasteiger partial charge in [0.2, 0.25) is 0 Å². The first kappa shape index (κ1) is 15.8. The number of amides is 1. The highest BCUT2D eigenvalue weighted by atomic mass is 16.6. The smallest absolute Gasteiger partial charge is 0.410 e. The number of carbonyl (C=O) groups excluding carboxylic acids is 1. The quantitative estimate of drug-likeness (QED) is 0.832. The average Bonchev–Trinajstić information content (AvgIpc) is 2.45. The first-order valence-corrected chi connectivity index (χ1v) is 7.57. The molecule has 0 radical (unpaired) electrons. The Kier molecular flexibility index (Phi) is 4.88. The summed E-state index contributed by atoms with van der Waals surface area (Å²) in [6, 6.07) is 10.1. The van der Waals surface area contributed by atoms with E-state index in [4.69, 9.17) is 9.47 Å². The van der Waals surface area contributed by atoms with E-state index in [0.29, 0.717) is 13.2 Å². The van der Waals surface area contributed by atoms with Gasteiger partial charge in [-0.05, 0) is 32.8 Å². The Hall–Kier alpha value is -1.55. The molecule has 1 aromatic carbocycles. The molecule has 4 nitrogen and oxygen atoms in total. The SMILES string of the molecule is CCC1COC(c2ccccc2)CN1C(=O)OC(C)(C)C. The van der Waals surface area contributed by atoms with Crippen LogP contribution in [0.15, 0.2) is 30.3 Å². The normalized spacial score (nSPS) is 23.0. The summed E-state index contributed by atoms with van der Waals surface area (Å²) < 4.78 is 11.5. The van der Waals surface area contributed by atoms with Gasteiger partial charge in [-0.25, -0.2) is 4.79 Å². The topological polar surface area (TPSA) is 38.8 Å². The highest BCUT2D eigenvalue weighted by Crippen LogP contribution is 2.27. The average molecular weight is 291 g/mol. The van der Waals surface area contributed by atoms with Crippen LogP contribution >= 0.6 is 0 Å². The Morgan fingerprint density at radius 1 is 1.33 bits per heavy atom. The third-order valence-electron chi connectivity index (χ3n) is 3.56. The minimum absolute atomic E-state index is 0.0819. The maximum atomic E-state index is 12.4. The van der Waals surface area contributed by atoms with Crippen molar-refractivity contribution in [1.82, 2.24) is 4.90 Å². The zero-order valence-corrected chi connectivity index (χ0v) is 13.3. The molecule has 1 aliphatic rings. The van der Waals surface area contributed by atoms with Gasteiger partial charge in [0.15, 0.2) is 0 Å². The van der Waals surface area contributed by atoms with E-state index < -0.39 is 5.60 Å². The van der Waals surface area contributed by atoms with Gasteiger partial charge in [0.25, 0.3) is 0 Å². The third-order valence-corrected chi connectivity index (χ3v) is 3.56. The molecule has 0 saturated carbocycles. The summed E-state index contributed by atoms with van der Waals surface area (Å²) in [5.41, 5.74) is 0.622. The number of hydrogen-bond donors (Lipinski definition) is 0. The standard InChI is InChI=1S/C17H25NO3/c1-5-14-12-20-15(13-9-7-6-8-10-13)11-18(14)16(19)21-17(2,3)4/h6-10,14-15H,5,11-12H2,1-4H3. The molecule has 1 fully saturated rings. The van der Waals surface area contributed by atoms with Crippen LogP contribution < -0.4 is 0 Å². The third kappa shape index (κ3) is 4.21. The van der Waals surface area contributed by atoms with Gasteiger partial charge in [-0.2, -0.15) is 0 Å². The number of carbonyl (C=O) groups is 1. The second kappa shape index (κ2) is 6.48. The van der Waals surface area contributed by atoms with Crippen LogP contribution in [-0.4, -0.2) is 35.8 Å². The van der Waals surface area contributed by atoms with Crippen LogP contribution in [0.25, 0.3) is 0 Å². The van der Waals surface area contributed by atoms with Crippen LogP contribution in [0.4, 0.5) is 4.79 Å². The lowest BCUT2D eigenvalue weighted by molar-refractivity contribution is -0.0718. The largest absolute Gasteiger partial charge is 0.444 e. The van der Waals surface area contributed by atoms with Gasteiger partial charge >= 0.3 is 6.09 Å². The second-order valence-electron chi connectivity index (χ2n) is 6.43. The van der Waals surface area contributed by atoms with E-state index >= 15 is 0 Å². The molecule has 2 rings (SSSR count). The molecular weight excluding hydrogens is 266 g/mol. The van der Waals surface area contributed by atoms with Crippen molar-refractivity contribution in [3.8, 4) is 0 Å². The molecular formula is C17H25NO3. The lowest BCUT2D eigenvalue weighted by Crippen LogP contribution is -2.50. The number of rotatable bonds is 2. The Bertz CT molecular complexity index is 467. The lowest BCUT2D eigenvalue weighted by atomic mass is 10.1. The molecule has 1 aromatic rings. The molecule has 21 heavy (non-hydrogen) atoms. The molecule has 2 atom stereocenters. The molecule has 0 bridgehead atoms. The molecule has 1 aliphatic heterocycles. The van der Waals surface area contributed by atoms with Crippen molar-refractivity contribution in [2.75, 3.05) is 13.2 Å². The lowest BCUT2D eigenvalue weighted by Gasteiger charge is -2.40. The van der Waals surface area contributed by atoms with Crippen molar-refractivity contribution in [2.45, 2.75) is 51.9 Å². The highest BCUT2D eigenvalue weighted by molar-refractivity contribution is 5.68. The Labute approximate surface area is 127 Å². The molecule has 0 aliphatic carbocycles. The van der Waals surface area contributed by atoms with Crippen molar-refractivity contribution in [1.29, 1.82) is 0 Å². The van der Waals surface area contributed by atoms with Crippen molar-refractivity contribution >= 4 is 6.09 Å². The van der Waals surface area contributed by atoms with Crippen molar-refractivity contribution < 1.29 is 14.3 Å². The van der Waals surface area contributed by atoms with E-state index in [1.165, 1.54) is 0 Å². The molecule has 0 N–H and O–H groups in total. The fraction of sp³-hybridized carbons (Fsp3) is 0.588. The van der Waals surface area contributed by atoms with E-state index in [1.54, 1.807) is 0 Å². The summed E-state index contributed by atoms with van der Waals surface area (Å²) >= 11 is 0. The van der Waals surface area contributed by atoms with E-state index in [1.807, 2.05) is 56.0 Å². The Balaban J connectivity index is 2.11. The van der Waals surface area contributed by atoms with E-state index in [-0.39, 0.29) is 18.2 Å². The van der Waals surface area contributed by atoms with Gasteiger partial charge in [-0.1, -0.05) is 37.3 Å². The monoisotopic (exact) mass is 291 g/mol. The van der Waals surface area contributed by atoms with Crippen LogP contribution in [0.3, 0.4) is 0 Å². The first-order chi connectivity index (χ1) is 9.90. The molecule has 1 saturated heterocycles. The minimum atomic E-state index is -0.476. The van der Waals surface area contributed by atoms with Gasteiger partial charge in [0.1, 0.15) is 11.7 Å². The number of benzene rings is 1. The summed E-state index contributed by atoms with van der Waals surface area (Å²) in [6.45, 7) is 8.82. The van der Waals surface area contributed by atoms with Gasteiger partial charge < -0.3 is 9.47 Å². The molecule has 1 amide bonds. The van der Waals surface area contributed by atoms with Crippen LogP contribution in [0.1, 0.15) is 45.8 Å². The Morgan fingerprint density at radius 2 is 2.00 bits per heavy atom. The summed E-state index contributed by atoms with van der Waals surface area (Å²) in [5.74, 6) is 0. The molecule has 0 aromatic heterocycles. The van der Waals surface area contributed by atoms with Crippen molar-refractivity contribution in [3.63, 3.8) is 0 Å². The summed E-state index contributed by atoms with van der Waals surface area (Å²) in [5, 5.41) is 0. The summed E-state index contributed by atoms with van der Waals surface area (Å²) in [4.78, 5) is 14.2. The number of morpholine rings is 1. The predicted molar refractivity (Wildman–Crippen MR) is 82.2 cm³/mol. The maximum Gasteiger partial charge on any atom is 0.410 e. The highest BCUT2D eigenvalue weighted by Gasteiger charge is 2.34. The van der Waals surface area contributed by atoms with Crippen LogP contribution in [0.2, 0.25) is 0 Å². The van der Waals surface area contributed by atoms with Gasteiger partial charge in [0, 0.05) is 0 Å². The van der Waals surface area contributed by atoms with Gasteiger partial charge in [-0.3, -0.25) is 4.90 Å². The van der Waals surface area contributed by atoms with Crippen LogP contribution in [-0.2, 0) is 9.47 Å². The molecule has 4 heteroatoms. The molecule has 2 unspecified atom stereocenters. The first-order valence-electron chi connectivity index (χ1n) is 7.57. The fourth-order valence-corrected chi connectivity index (χ4v) is 2.45. The zero-order chi connectivity index (χ0) is 15.5.